The van der Waals surface area contributed by atoms with Gasteiger partial charge in [-0.25, -0.2) is 0 Å². The molecule has 0 aromatic heterocycles. The van der Waals surface area contributed by atoms with Crippen LogP contribution in [0.25, 0.3) is 0 Å². The largest absolute Gasteiger partial charge is 0.373 e. The van der Waals surface area contributed by atoms with Crippen molar-refractivity contribution in [3.63, 3.8) is 0 Å². The van der Waals surface area contributed by atoms with Crippen LogP contribution in [0, 0.1) is 5.41 Å². The van der Waals surface area contributed by atoms with Crippen LogP contribution in [0.1, 0.15) is 38.7 Å². The zero-order valence-corrected chi connectivity index (χ0v) is 11.7. The second-order valence-corrected chi connectivity index (χ2v) is 6.67. The van der Waals surface area contributed by atoms with Gasteiger partial charge in [0.2, 0.25) is 5.91 Å². The maximum Gasteiger partial charge on any atom is 0.243 e. The van der Waals surface area contributed by atoms with Gasteiger partial charge in [0.1, 0.15) is 6.04 Å². The highest BCUT2D eigenvalue weighted by atomic mass is 16.2. The first kappa shape index (κ1) is 12.5. The summed E-state index contributed by atoms with van der Waals surface area (Å²) in [5.74, 6) is 0.152. The van der Waals surface area contributed by atoms with Crippen LogP contribution in [0.2, 0.25) is 0 Å². The molecule has 19 heavy (non-hydrogen) atoms. The number of fused-ring (bicyclic) bond motifs is 1. The molecule has 1 aliphatic carbocycles. The molecule has 2 N–H and O–H groups in total. The highest BCUT2D eigenvalue weighted by molar-refractivity contribution is 5.87. The van der Waals surface area contributed by atoms with Gasteiger partial charge >= 0.3 is 0 Å². The van der Waals surface area contributed by atoms with E-state index in [0.717, 1.165) is 24.9 Å². The van der Waals surface area contributed by atoms with Crippen LogP contribution in [0.3, 0.4) is 0 Å². The van der Waals surface area contributed by atoms with E-state index in [9.17, 15) is 4.79 Å². The summed E-state index contributed by atoms with van der Waals surface area (Å²) in [5.41, 5.74) is 2.73. The van der Waals surface area contributed by atoms with E-state index in [0.29, 0.717) is 11.5 Å². The highest BCUT2D eigenvalue weighted by Gasteiger charge is 2.34. The van der Waals surface area contributed by atoms with Crippen LogP contribution < -0.4 is 10.6 Å². The fraction of sp³-hybridized carbons (Fsp3) is 0.562. The summed E-state index contributed by atoms with van der Waals surface area (Å²) >= 11 is 0. The van der Waals surface area contributed by atoms with Gasteiger partial charge < -0.3 is 10.6 Å². The predicted molar refractivity (Wildman–Crippen MR) is 77.1 cm³/mol. The molecular formula is C16H22N2O. The van der Waals surface area contributed by atoms with E-state index in [1.165, 1.54) is 12.0 Å². The number of hydrogen-bond donors (Lipinski definition) is 2. The fourth-order valence-corrected chi connectivity index (χ4v) is 3.32. The Balaban J connectivity index is 1.59. The monoisotopic (exact) mass is 258 g/mol. The lowest BCUT2D eigenvalue weighted by Gasteiger charge is -2.19. The first-order chi connectivity index (χ1) is 9.03. The van der Waals surface area contributed by atoms with Crippen molar-refractivity contribution in [3.8, 4) is 0 Å². The van der Waals surface area contributed by atoms with Crippen molar-refractivity contribution in [2.45, 2.75) is 51.6 Å². The Bertz CT molecular complexity index is 470. The quantitative estimate of drug-likeness (QED) is 0.856. The van der Waals surface area contributed by atoms with Gasteiger partial charge in [-0.3, -0.25) is 4.79 Å². The lowest BCUT2D eigenvalue weighted by atomic mass is 9.92. The molecular weight excluding hydrogens is 236 g/mol. The van der Waals surface area contributed by atoms with E-state index in [4.69, 9.17) is 0 Å². The van der Waals surface area contributed by atoms with Crippen LogP contribution in [0.15, 0.2) is 24.3 Å². The Labute approximate surface area is 114 Å². The number of nitrogens with one attached hydrogen (secondary N) is 2. The number of rotatable bonds is 2. The van der Waals surface area contributed by atoms with Crippen molar-refractivity contribution in [2.24, 2.45) is 5.41 Å². The topological polar surface area (TPSA) is 41.1 Å². The van der Waals surface area contributed by atoms with E-state index in [1.807, 2.05) is 18.2 Å². The molecule has 0 saturated heterocycles. The van der Waals surface area contributed by atoms with E-state index in [2.05, 4.69) is 30.5 Å². The maximum atomic E-state index is 12.3. The average Bonchev–Trinajstić information content (AvgIpc) is 2.92. The van der Waals surface area contributed by atoms with Crippen molar-refractivity contribution >= 4 is 11.6 Å². The zero-order valence-electron chi connectivity index (χ0n) is 11.7. The fourth-order valence-electron chi connectivity index (χ4n) is 3.32. The second-order valence-electron chi connectivity index (χ2n) is 6.67. The maximum absolute atomic E-state index is 12.3. The Morgan fingerprint density at radius 2 is 2.16 bits per heavy atom. The highest BCUT2D eigenvalue weighted by Crippen LogP contribution is 2.37. The lowest BCUT2D eigenvalue weighted by molar-refractivity contribution is -0.122. The Hall–Kier alpha value is -1.51. The summed E-state index contributed by atoms with van der Waals surface area (Å²) in [6, 6.07) is 8.43. The van der Waals surface area contributed by atoms with Crippen LogP contribution in [0.4, 0.5) is 5.69 Å². The van der Waals surface area contributed by atoms with Crippen molar-refractivity contribution < 1.29 is 4.79 Å². The Morgan fingerprint density at radius 1 is 1.37 bits per heavy atom. The molecule has 1 aromatic rings. The van der Waals surface area contributed by atoms with Gasteiger partial charge in [0.25, 0.3) is 0 Å². The summed E-state index contributed by atoms with van der Waals surface area (Å²) in [5, 5.41) is 6.53. The predicted octanol–water partition coefficient (Wildman–Crippen LogP) is 2.72. The molecule has 2 atom stereocenters. The molecule has 0 bridgehead atoms. The number of carbonyl (C=O) groups is 1. The normalized spacial score (nSPS) is 27.7. The third-order valence-electron chi connectivity index (χ3n) is 4.40. The molecule has 3 nitrogen and oxygen atoms in total. The number of hydrogen-bond acceptors (Lipinski definition) is 2. The number of benzene rings is 1. The third-order valence-corrected chi connectivity index (χ3v) is 4.40. The average molecular weight is 258 g/mol. The molecule has 0 spiro atoms. The van der Waals surface area contributed by atoms with E-state index < -0.39 is 0 Å². The molecule has 2 aliphatic rings. The van der Waals surface area contributed by atoms with Crippen LogP contribution in [0.5, 0.6) is 0 Å². The van der Waals surface area contributed by atoms with E-state index in [1.54, 1.807) is 0 Å². The molecule has 1 aromatic carbocycles. The summed E-state index contributed by atoms with van der Waals surface area (Å²) in [4.78, 5) is 12.3. The molecule has 1 amide bonds. The molecule has 1 saturated carbocycles. The Kier molecular flexibility index (Phi) is 3.00. The van der Waals surface area contributed by atoms with Gasteiger partial charge in [0, 0.05) is 18.2 Å². The zero-order chi connectivity index (χ0) is 13.5. The molecule has 3 heteroatoms. The minimum atomic E-state index is -0.0962. The van der Waals surface area contributed by atoms with Gasteiger partial charge in [0.15, 0.2) is 0 Å². The van der Waals surface area contributed by atoms with Gasteiger partial charge in [-0.2, -0.15) is 0 Å². The van der Waals surface area contributed by atoms with Crippen molar-refractivity contribution in [3.05, 3.63) is 29.8 Å². The molecule has 0 radical (unpaired) electrons. The van der Waals surface area contributed by atoms with Gasteiger partial charge in [-0.1, -0.05) is 32.0 Å². The summed E-state index contributed by atoms with van der Waals surface area (Å²) < 4.78 is 0. The number of para-hydroxylation sites is 1. The minimum absolute atomic E-state index is 0.0962. The first-order valence-electron chi connectivity index (χ1n) is 7.18. The first-order valence-corrected chi connectivity index (χ1v) is 7.18. The molecule has 102 valence electrons. The van der Waals surface area contributed by atoms with Gasteiger partial charge in [-0.05, 0) is 36.3 Å². The van der Waals surface area contributed by atoms with Crippen molar-refractivity contribution in [1.29, 1.82) is 0 Å². The number of amides is 1. The van der Waals surface area contributed by atoms with E-state index in [-0.39, 0.29) is 11.9 Å². The standard InChI is InChI=1S/C16H22N2O/c1-16(2)8-7-12(10-16)17-15(19)14-9-11-5-3-4-6-13(11)18-14/h3-6,12,14,18H,7-10H2,1-2H3,(H,17,19)/t12?,14-/m0/s1. The summed E-state index contributed by atoms with van der Waals surface area (Å²) in [6.07, 6.45) is 4.21. The summed E-state index contributed by atoms with van der Waals surface area (Å²) in [6.45, 7) is 4.56. The van der Waals surface area contributed by atoms with Crippen LogP contribution in [-0.4, -0.2) is 18.0 Å². The molecule has 1 heterocycles. The summed E-state index contributed by atoms with van der Waals surface area (Å²) in [7, 11) is 0. The van der Waals surface area contributed by atoms with Crippen molar-refractivity contribution in [1.82, 2.24) is 5.32 Å². The minimum Gasteiger partial charge on any atom is -0.373 e. The number of anilines is 1. The van der Waals surface area contributed by atoms with Gasteiger partial charge in [0.05, 0.1) is 0 Å². The third kappa shape index (κ3) is 2.60. The van der Waals surface area contributed by atoms with Crippen LogP contribution >= 0.6 is 0 Å². The molecule has 3 rings (SSSR count). The SMILES string of the molecule is CC1(C)CCC(NC(=O)[C@@H]2Cc3ccccc3N2)C1. The Morgan fingerprint density at radius 3 is 2.84 bits per heavy atom. The van der Waals surface area contributed by atoms with E-state index >= 15 is 0 Å². The van der Waals surface area contributed by atoms with Crippen LogP contribution in [-0.2, 0) is 11.2 Å². The number of carbonyl (C=O) groups excluding carboxylic acids is 1. The molecule has 1 unspecified atom stereocenters. The molecule has 1 aliphatic heterocycles. The smallest absolute Gasteiger partial charge is 0.243 e. The lowest BCUT2D eigenvalue weighted by Crippen LogP contribution is -2.43. The van der Waals surface area contributed by atoms with Crippen molar-refractivity contribution in [2.75, 3.05) is 5.32 Å². The van der Waals surface area contributed by atoms with Gasteiger partial charge in [-0.15, -0.1) is 0 Å². The molecule has 1 fully saturated rings. The second kappa shape index (κ2) is 4.55.